The molecule has 0 unspecified atom stereocenters. The summed E-state index contributed by atoms with van der Waals surface area (Å²) in [4.78, 5) is 4.71. The monoisotopic (exact) mass is 792 g/mol. The van der Waals surface area contributed by atoms with E-state index in [9.17, 15) is 0 Å². The number of hydrogen-bond acceptors (Lipinski definition) is 3. The van der Waals surface area contributed by atoms with Gasteiger partial charge in [0.15, 0.2) is 0 Å². The molecule has 1 aliphatic heterocycles. The summed E-state index contributed by atoms with van der Waals surface area (Å²) in [5, 5.41) is 6.24. The molecule has 0 saturated heterocycles. The molecule has 1 heterocycles. The van der Waals surface area contributed by atoms with E-state index in [0.717, 1.165) is 50.9 Å². The summed E-state index contributed by atoms with van der Waals surface area (Å²) in [6.45, 7) is 13.8. The van der Waals surface area contributed by atoms with Crippen LogP contribution < -0.4 is 19.7 Å². The summed E-state index contributed by atoms with van der Waals surface area (Å²) in [5.74, 6) is 1.75. The SMILES string of the molecule is Cc1cc(C)c(N(c2ccccc2)c2ccc3c(c2)Oc2cccc4c2c-3cc2ccc(-c3ccc(N(c5ccccc5)c5ccc([Si](C)(C)C)cc5)cc3)cc24)c(C)c1. The lowest BCUT2D eigenvalue weighted by Crippen LogP contribution is -2.37. The van der Waals surface area contributed by atoms with Gasteiger partial charge in [0.25, 0.3) is 0 Å². The average molecular weight is 793 g/mol. The van der Waals surface area contributed by atoms with Gasteiger partial charge in [0, 0.05) is 45.5 Å². The molecule has 0 aliphatic carbocycles. The van der Waals surface area contributed by atoms with E-state index in [1.165, 1.54) is 60.4 Å². The summed E-state index contributed by atoms with van der Waals surface area (Å²) < 4.78 is 6.86. The maximum Gasteiger partial charge on any atom is 0.137 e. The van der Waals surface area contributed by atoms with Crippen molar-refractivity contribution in [2.24, 2.45) is 0 Å². The number of ether oxygens (including phenoxy) is 1. The van der Waals surface area contributed by atoms with Gasteiger partial charge in [0.05, 0.1) is 13.8 Å². The topological polar surface area (TPSA) is 15.7 Å². The predicted octanol–water partition coefficient (Wildman–Crippen LogP) is 15.8. The molecule has 0 spiro atoms. The molecule has 10 rings (SSSR count). The highest BCUT2D eigenvalue weighted by atomic mass is 28.3. The van der Waals surface area contributed by atoms with Crippen LogP contribution in [-0.4, -0.2) is 8.07 Å². The van der Waals surface area contributed by atoms with Crippen molar-refractivity contribution < 1.29 is 4.74 Å². The molecule has 3 nitrogen and oxygen atoms in total. The first-order chi connectivity index (χ1) is 29.1. The van der Waals surface area contributed by atoms with Crippen molar-refractivity contribution in [3.05, 3.63) is 199 Å². The molecular weight excluding hydrogens is 745 g/mol. The molecule has 0 saturated carbocycles. The van der Waals surface area contributed by atoms with Crippen molar-refractivity contribution in [1.82, 2.24) is 0 Å². The molecule has 0 N–H and O–H groups in total. The first kappa shape index (κ1) is 37.4. The van der Waals surface area contributed by atoms with Crippen LogP contribution in [0.1, 0.15) is 16.7 Å². The van der Waals surface area contributed by atoms with Crippen LogP contribution >= 0.6 is 0 Å². The van der Waals surface area contributed by atoms with Crippen LogP contribution in [0.3, 0.4) is 0 Å². The Kier molecular flexibility index (Phi) is 9.19. The van der Waals surface area contributed by atoms with E-state index < -0.39 is 8.07 Å². The van der Waals surface area contributed by atoms with E-state index in [0.29, 0.717) is 0 Å². The number of anilines is 6. The van der Waals surface area contributed by atoms with E-state index >= 15 is 0 Å². The summed E-state index contributed by atoms with van der Waals surface area (Å²) >= 11 is 0. The van der Waals surface area contributed by atoms with Gasteiger partial charge in [-0.2, -0.15) is 0 Å². The third-order valence-electron chi connectivity index (χ3n) is 12.0. The Morgan fingerprint density at radius 2 is 1.00 bits per heavy atom. The van der Waals surface area contributed by atoms with Gasteiger partial charge >= 0.3 is 0 Å². The highest BCUT2D eigenvalue weighted by molar-refractivity contribution is 6.88. The fraction of sp³-hybridized carbons (Fsp3) is 0.107. The normalized spacial score (nSPS) is 12.0. The molecule has 4 heteroatoms. The Hall–Kier alpha value is -6.88. The fourth-order valence-electron chi connectivity index (χ4n) is 9.18. The lowest BCUT2D eigenvalue weighted by molar-refractivity contribution is 0.487. The molecule has 0 radical (unpaired) electrons. The number of fused-ring (bicyclic) bond motifs is 4. The maximum atomic E-state index is 6.86. The minimum atomic E-state index is -1.41. The van der Waals surface area contributed by atoms with Gasteiger partial charge in [0.2, 0.25) is 0 Å². The Labute approximate surface area is 354 Å². The van der Waals surface area contributed by atoms with Crippen LogP contribution in [0.4, 0.5) is 34.1 Å². The first-order valence-corrected chi connectivity index (χ1v) is 24.4. The second-order valence-corrected chi connectivity index (χ2v) is 22.3. The lowest BCUT2D eigenvalue weighted by atomic mass is 9.89. The van der Waals surface area contributed by atoms with Gasteiger partial charge < -0.3 is 14.5 Å². The summed E-state index contributed by atoms with van der Waals surface area (Å²) in [6.07, 6.45) is 0. The Morgan fingerprint density at radius 3 is 1.65 bits per heavy atom. The molecule has 0 atom stereocenters. The smallest absolute Gasteiger partial charge is 0.137 e. The largest absolute Gasteiger partial charge is 0.456 e. The van der Waals surface area contributed by atoms with Crippen LogP contribution in [-0.2, 0) is 0 Å². The van der Waals surface area contributed by atoms with Crippen molar-refractivity contribution in [2.75, 3.05) is 9.80 Å². The average Bonchev–Trinajstić information content (AvgIpc) is 3.25. The number of hydrogen-bond donors (Lipinski definition) is 0. The van der Waals surface area contributed by atoms with E-state index in [4.69, 9.17) is 4.74 Å². The predicted molar refractivity (Wildman–Crippen MR) is 259 cm³/mol. The molecule has 292 valence electrons. The van der Waals surface area contributed by atoms with Crippen LogP contribution in [0.15, 0.2) is 182 Å². The van der Waals surface area contributed by atoms with Gasteiger partial charge in [-0.1, -0.05) is 127 Å². The number of rotatable bonds is 8. The minimum Gasteiger partial charge on any atom is -0.456 e. The molecule has 9 aromatic rings. The van der Waals surface area contributed by atoms with Gasteiger partial charge in [-0.15, -0.1) is 0 Å². The second kappa shape index (κ2) is 14.7. The highest BCUT2D eigenvalue weighted by Crippen LogP contribution is 2.51. The van der Waals surface area contributed by atoms with Gasteiger partial charge in [-0.05, 0) is 144 Å². The number of nitrogens with zero attached hydrogens (tertiary/aromatic N) is 2. The molecule has 0 fully saturated rings. The van der Waals surface area contributed by atoms with Gasteiger partial charge in [-0.25, -0.2) is 0 Å². The molecule has 0 bridgehead atoms. The number of benzene rings is 9. The molecule has 60 heavy (non-hydrogen) atoms. The van der Waals surface area contributed by atoms with E-state index in [1.54, 1.807) is 0 Å². The summed E-state index contributed by atoms with van der Waals surface area (Å²) in [7, 11) is -1.41. The Bertz CT molecular complexity index is 3040. The molecule has 0 aromatic heterocycles. The number of aryl methyl sites for hydroxylation is 3. The lowest BCUT2D eigenvalue weighted by Gasteiger charge is -2.30. The van der Waals surface area contributed by atoms with E-state index in [1.807, 2.05) is 0 Å². The van der Waals surface area contributed by atoms with Crippen molar-refractivity contribution in [1.29, 1.82) is 0 Å². The zero-order valence-corrected chi connectivity index (χ0v) is 36.1. The van der Waals surface area contributed by atoms with Gasteiger partial charge in [0.1, 0.15) is 11.5 Å². The van der Waals surface area contributed by atoms with Crippen molar-refractivity contribution in [2.45, 2.75) is 40.4 Å². The maximum absolute atomic E-state index is 6.86. The Morgan fingerprint density at radius 1 is 0.417 bits per heavy atom. The summed E-state index contributed by atoms with van der Waals surface area (Å²) in [5.41, 5.74) is 15.2. The van der Waals surface area contributed by atoms with Crippen LogP contribution in [0.2, 0.25) is 19.6 Å². The van der Waals surface area contributed by atoms with Crippen molar-refractivity contribution in [3.8, 4) is 33.8 Å². The molecule has 1 aliphatic rings. The van der Waals surface area contributed by atoms with Crippen LogP contribution in [0.5, 0.6) is 11.5 Å². The standard InChI is InChI=1S/C56H48N2OSi/c1-37-32-38(2)56(39(3)33-37)58(44-16-11-8-12-17-44)47-28-31-49-52-35-42-21-20-41(34-51(42)50-18-13-19-53(55(50)52)59-54(49)36-47)40-22-24-45(25-23-40)57(43-14-9-7-10-15-43)46-26-29-48(30-27-46)60(4,5)6/h7-36H,1-6H3. The van der Waals surface area contributed by atoms with Crippen LogP contribution in [0.25, 0.3) is 43.8 Å². The highest BCUT2D eigenvalue weighted by Gasteiger charge is 2.25. The first-order valence-electron chi connectivity index (χ1n) is 20.9. The quantitative estimate of drug-likeness (QED) is 0.113. The third kappa shape index (κ3) is 6.63. The third-order valence-corrected chi connectivity index (χ3v) is 14.1. The fourth-order valence-corrected chi connectivity index (χ4v) is 10.3. The molecule has 9 aromatic carbocycles. The molecular formula is C56H48N2OSi. The van der Waals surface area contributed by atoms with Crippen molar-refractivity contribution in [3.63, 3.8) is 0 Å². The van der Waals surface area contributed by atoms with E-state index in [-0.39, 0.29) is 0 Å². The van der Waals surface area contributed by atoms with Crippen molar-refractivity contribution >= 4 is 68.9 Å². The van der Waals surface area contributed by atoms with Gasteiger partial charge in [-0.3, -0.25) is 0 Å². The number of para-hydroxylation sites is 2. The molecule has 0 amide bonds. The summed E-state index contributed by atoms with van der Waals surface area (Å²) in [6, 6.07) is 66.4. The van der Waals surface area contributed by atoms with E-state index in [2.05, 4.69) is 232 Å². The Balaban J connectivity index is 1.02. The van der Waals surface area contributed by atoms with Crippen LogP contribution in [0, 0.1) is 20.8 Å². The zero-order chi connectivity index (χ0) is 41.1. The minimum absolute atomic E-state index is 0.864. The second-order valence-electron chi connectivity index (χ2n) is 17.3. The zero-order valence-electron chi connectivity index (χ0n) is 35.1.